The molecule has 3 rings (SSSR count). The molecule has 4 nitrogen and oxygen atoms in total. The summed E-state index contributed by atoms with van der Waals surface area (Å²) in [5.74, 6) is 0.190. The number of aliphatic hydroxyl groups is 1. The predicted octanol–water partition coefficient (Wildman–Crippen LogP) is 6.51. The number of esters is 1. The summed E-state index contributed by atoms with van der Waals surface area (Å²) in [4.78, 5) is 15.1. The van der Waals surface area contributed by atoms with Crippen molar-refractivity contribution < 1.29 is 14.6 Å². The molecule has 0 bridgehead atoms. The molecule has 0 aliphatic heterocycles. The van der Waals surface area contributed by atoms with Gasteiger partial charge in [0.15, 0.2) is 0 Å². The van der Waals surface area contributed by atoms with E-state index in [0.717, 1.165) is 36.0 Å². The first-order valence-corrected chi connectivity index (χ1v) is 12.2. The van der Waals surface area contributed by atoms with Crippen molar-refractivity contribution in [3.63, 3.8) is 0 Å². The number of carbonyl (C=O) groups is 1. The summed E-state index contributed by atoms with van der Waals surface area (Å²) in [5.41, 5.74) is 5.92. The monoisotopic (exact) mass is 459 g/mol. The smallest absolute Gasteiger partial charge is 0.343 e. The summed E-state index contributed by atoms with van der Waals surface area (Å²) in [5, 5.41) is 9.60. The van der Waals surface area contributed by atoms with Gasteiger partial charge in [0.25, 0.3) is 0 Å². The van der Waals surface area contributed by atoms with Crippen LogP contribution in [-0.2, 0) is 19.4 Å². The van der Waals surface area contributed by atoms with Crippen molar-refractivity contribution >= 4 is 11.7 Å². The Balaban J connectivity index is 1.71. The van der Waals surface area contributed by atoms with Gasteiger partial charge in [-0.05, 0) is 107 Å². The van der Waals surface area contributed by atoms with Crippen LogP contribution < -0.4 is 9.64 Å². The average Bonchev–Trinajstić information content (AvgIpc) is 2.80. The van der Waals surface area contributed by atoms with Gasteiger partial charge in [-0.2, -0.15) is 0 Å². The highest BCUT2D eigenvalue weighted by Gasteiger charge is 2.15. The van der Waals surface area contributed by atoms with Crippen molar-refractivity contribution in [2.45, 2.75) is 72.6 Å². The first-order chi connectivity index (χ1) is 16.3. The Morgan fingerprint density at radius 2 is 1.59 bits per heavy atom. The lowest BCUT2D eigenvalue weighted by molar-refractivity contribution is 0.0733. The molecule has 0 atom stereocenters. The van der Waals surface area contributed by atoms with Gasteiger partial charge in [0.05, 0.1) is 12.2 Å². The van der Waals surface area contributed by atoms with Gasteiger partial charge in [0.1, 0.15) is 5.75 Å². The number of aliphatic hydroxyl groups excluding tert-OH is 1. The molecule has 0 saturated carbocycles. The molecule has 0 radical (unpaired) electrons. The molecule has 0 aliphatic rings. The number of hydrogen-bond acceptors (Lipinski definition) is 4. The third-order valence-electron chi connectivity index (χ3n) is 6.03. The van der Waals surface area contributed by atoms with Crippen LogP contribution in [0.15, 0.2) is 66.7 Å². The van der Waals surface area contributed by atoms with Crippen LogP contribution in [0, 0.1) is 6.92 Å². The van der Waals surface area contributed by atoms with E-state index in [1.807, 2.05) is 25.1 Å². The predicted molar refractivity (Wildman–Crippen MR) is 140 cm³/mol. The van der Waals surface area contributed by atoms with Crippen LogP contribution in [0.5, 0.6) is 5.75 Å². The van der Waals surface area contributed by atoms with Crippen molar-refractivity contribution in [3.8, 4) is 5.75 Å². The Morgan fingerprint density at radius 1 is 0.882 bits per heavy atom. The highest BCUT2D eigenvalue weighted by molar-refractivity contribution is 5.91. The van der Waals surface area contributed by atoms with Crippen molar-refractivity contribution in [2.75, 3.05) is 4.90 Å². The number of nitrogens with zero attached hydrogens (tertiary/aromatic N) is 1. The van der Waals surface area contributed by atoms with E-state index in [9.17, 15) is 9.90 Å². The van der Waals surface area contributed by atoms with Crippen LogP contribution in [-0.4, -0.2) is 23.2 Å². The van der Waals surface area contributed by atoms with Crippen LogP contribution in [0.4, 0.5) is 5.69 Å². The first-order valence-electron chi connectivity index (χ1n) is 12.2. The molecular formula is C30H37NO3. The number of hydrogen-bond donors (Lipinski definition) is 1. The number of benzene rings is 3. The standard InChI is InChI=1S/C30H37NO3/c1-21(2)31(22(3)4)28-11-7-9-24(19-28)8-6-10-27-18-25(20-32)14-17-29(27)34-30(33)26-15-12-23(5)13-16-26/h7,9,11-19,21-22,32H,6,8,10,20H2,1-5H3. The average molecular weight is 460 g/mol. The summed E-state index contributed by atoms with van der Waals surface area (Å²) in [6.07, 6.45) is 2.59. The van der Waals surface area contributed by atoms with E-state index in [4.69, 9.17) is 4.74 Å². The maximum atomic E-state index is 12.7. The van der Waals surface area contributed by atoms with E-state index in [-0.39, 0.29) is 12.6 Å². The zero-order chi connectivity index (χ0) is 24.7. The molecule has 34 heavy (non-hydrogen) atoms. The maximum absolute atomic E-state index is 12.7. The van der Waals surface area contributed by atoms with Crippen LogP contribution in [0.3, 0.4) is 0 Å². The number of ether oxygens (including phenoxy) is 1. The largest absolute Gasteiger partial charge is 0.423 e. The second kappa shape index (κ2) is 11.8. The molecule has 4 heteroatoms. The molecule has 0 heterocycles. The molecule has 3 aromatic carbocycles. The van der Waals surface area contributed by atoms with Crippen molar-refractivity contribution in [1.29, 1.82) is 0 Å². The van der Waals surface area contributed by atoms with Crippen molar-refractivity contribution in [2.24, 2.45) is 0 Å². The lowest BCUT2D eigenvalue weighted by Crippen LogP contribution is -2.36. The Bertz CT molecular complexity index is 1080. The minimum atomic E-state index is -0.367. The van der Waals surface area contributed by atoms with E-state index < -0.39 is 0 Å². The van der Waals surface area contributed by atoms with Gasteiger partial charge in [0.2, 0.25) is 0 Å². The lowest BCUT2D eigenvalue weighted by Gasteiger charge is -2.33. The third kappa shape index (κ3) is 6.71. The van der Waals surface area contributed by atoms with Crippen LogP contribution in [0.25, 0.3) is 0 Å². The fourth-order valence-corrected chi connectivity index (χ4v) is 4.42. The summed E-state index contributed by atoms with van der Waals surface area (Å²) in [6, 6.07) is 22.5. The van der Waals surface area contributed by atoms with Crippen molar-refractivity contribution in [3.05, 3.63) is 94.5 Å². The minimum Gasteiger partial charge on any atom is -0.423 e. The van der Waals surface area contributed by atoms with Gasteiger partial charge in [-0.25, -0.2) is 4.79 Å². The Hall–Kier alpha value is -3.11. The first kappa shape index (κ1) is 25.5. The molecule has 1 N–H and O–H groups in total. The molecule has 0 unspecified atom stereocenters. The number of anilines is 1. The fourth-order valence-electron chi connectivity index (χ4n) is 4.42. The molecule has 0 amide bonds. The molecular weight excluding hydrogens is 422 g/mol. The Morgan fingerprint density at radius 3 is 2.24 bits per heavy atom. The van der Waals surface area contributed by atoms with E-state index >= 15 is 0 Å². The summed E-state index contributed by atoms with van der Waals surface area (Å²) < 4.78 is 5.75. The zero-order valence-corrected chi connectivity index (χ0v) is 21.0. The van der Waals surface area contributed by atoms with Gasteiger partial charge in [-0.15, -0.1) is 0 Å². The molecule has 0 spiro atoms. The topological polar surface area (TPSA) is 49.8 Å². The molecule has 0 fully saturated rings. The normalized spacial score (nSPS) is 11.2. The molecule has 0 aliphatic carbocycles. The Kier molecular flexibility index (Phi) is 8.89. The van der Waals surface area contributed by atoms with Crippen molar-refractivity contribution in [1.82, 2.24) is 0 Å². The van der Waals surface area contributed by atoms with E-state index in [0.29, 0.717) is 23.4 Å². The summed E-state index contributed by atoms with van der Waals surface area (Å²) in [7, 11) is 0. The lowest BCUT2D eigenvalue weighted by atomic mass is 10.0. The highest BCUT2D eigenvalue weighted by atomic mass is 16.5. The zero-order valence-electron chi connectivity index (χ0n) is 21.0. The fraction of sp³-hybridized carbons (Fsp3) is 0.367. The van der Waals surface area contributed by atoms with E-state index in [1.165, 1.54) is 11.3 Å². The molecule has 0 saturated heterocycles. The minimum absolute atomic E-state index is 0.0402. The summed E-state index contributed by atoms with van der Waals surface area (Å²) >= 11 is 0. The van der Waals surface area contributed by atoms with Gasteiger partial charge in [-0.1, -0.05) is 35.9 Å². The van der Waals surface area contributed by atoms with E-state index in [1.54, 1.807) is 24.3 Å². The van der Waals surface area contributed by atoms with Crippen LogP contribution >= 0.6 is 0 Å². The number of carbonyl (C=O) groups excluding carboxylic acids is 1. The highest BCUT2D eigenvalue weighted by Crippen LogP contribution is 2.26. The molecule has 3 aromatic rings. The molecule has 180 valence electrons. The summed E-state index contributed by atoms with van der Waals surface area (Å²) in [6.45, 7) is 10.8. The Labute approximate surface area is 204 Å². The van der Waals surface area contributed by atoms with Gasteiger partial charge < -0.3 is 14.7 Å². The second-order valence-electron chi connectivity index (χ2n) is 9.47. The maximum Gasteiger partial charge on any atom is 0.343 e. The second-order valence-corrected chi connectivity index (χ2v) is 9.47. The number of aryl methyl sites for hydroxylation is 3. The quantitative estimate of drug-likeness (QED) is 0.277. The van der Waals surface area contributed by atoms with Gasteiger partial charge >= 0.3 is 5.97 Å². The van der Waals surface area contributed by atoms with E-state index in [2.05, 4.69) is 56.9 Å². The van der Waals surface area contributed by atoms with Gasteiger partial charge in [-0.3, -0.25) is 0 Å². The van der Waals surface area contributed by atoms with Crippen LogP contribution in [0.1, 0.15) is 66.7 Å². The van der Waals surface area contributed by atoms with Gasteiger partial charge in [0, 0.05) is 17.8 Å². The third-order valence-corrected chi connectivity index (χ3v) is 6.03. The molecule has 0 aromatic heterocycles. The number of rotatable bonds is 10. The van der Waals surface area contributed by atoms with Crippen LogP contribution in [0.2, 0.25) is 0 Å². The SMILES string of the molecule is Cc1ccc(C(=O)Oc2ccc(CO)cc2CCCc2cccc(N(C(C)C)C(C)C)c2)cc1.